The zero-order chi connectivity index (χ0) is 20.4. The van der Waals surface area contributed by atoms with Gasteiger partial charge in [-0.1, -0.05) is 42.7 Å². The fourth-order valence-corrected chi connectivity index (χ4v) is 4.90. The Morgan fingerprint density at radius 2 is 1.83 bits per heavy atom. The fourth-order valence-electron chi connectivity index (χ4n) is 4.90. The van der Waals surface area contributed by atoms with E-state index in [1.807, 2.05) is 6.92 Å². The lowest BCUT2D eigenvalue weighted by Crippen LogP contribution is -2.48. The zero-order valence-corrected chi connectivity index (χ0v) is 17.5. The van der Waals surface area contributed by atoms with Gasteiger partial charge in [0.25, 0.3) is 5.56 Å². The van der Waals surface area contributed by atoms with Crippen LogP contribution in [0.5, 0.6) is 0 Å². The Morgan fingerprint density at radius 3 is 2.55 bits per heavy atom. The van der Waals surface area contributed by atoms with Crippen LogP contribution >= 0.6 is 0 Å². The molecule has 2 aliphatic carbocycles. The Labute approximate surface area is 172 Å². The fraction of sp³-hybridized carbons (Fsp3) is 0.542. The summed E-state index contributed by atoms with van der Waals surface area (Å²) in [4.78, 5) is 25.8. The maximum absolute atomic E-state index is 13.4. The number of aryl methyl sites for hydroxylation is 3. The first-order valence-corrected chi connectivity index (χ1v) is 11.0. The number of amides is 1. The Morgan fingerprint density at radius 1 is 1.14 bits per heavy atom. The average molecular weight is 394 g/mol. The van der Waals surface area contributed by atoms with Gasteiger partial charge in [-0.15, -0.1) is 0 Å². The third kappa shape index (κ3) is 4.00. The van der Waals surface area contributed by atoms with E-state index in [1.165, 1.54) is 10.2 Å². The first-order chi connectivity index (χ1) is 14.0. The standard InChI is InChI=1S/C24H31N3O2/c1-17-9-11-20(12-10-17)24(13-5-6-14-24)23(29)25-18(2)16-27-22(28)15-19-7-3-4-8-21(19)26-27/h9-12,15,18H,3-8,13-14,16H2,1-2H3,(H,25,29)/t18-/m0/s1. The van der Waals surface area contributed by atoms with Crippen LogP contribution in [-0.4, -0.2) is 21.7 Å². The van der Waals surface area contributed by atoms with Gasteiger partial charge in [0.15, 0.2) is 0 Å². The molecule has 1 fully saturated rings. The third-order valence-corrected chi connectivity index (χ3v) is 6.59. The summed E-state index contributed by atoms with van der Waals surface area (Å²) in [6.07, 6.45) is 8.05. The Balaban J connectivity index is 1.50. The lowest BCUT2D eigenvalue weighted by atomic mass is 9.77. The molecule has 29 heavy (non-hydrogen) atoms. The van der Waals surface area contributed by atoms with Gasteiger partial charge in [-0.3, -0.25) is 9.59 Å². The maximum atomic E-state index is 13.4. The second-order valence-corrected chi connectivity index (χ2v) is 8.87. The molecule has 1 atom stereocenters. The van der Waals surface area contributed by atoms with Crippen LogP contribution in [0.15, 0.2) is 35.1 Å². The smallest absolute Gasteiger partial charge is 0.267 e. The summed E-state index contributed by atoms with van der Waals surface area (Å²) in [5.74, 6) is 0.0809. The van der Waals surface area contributed by atoms with Gasteiger partial charge in [-0.2, -0.15) is 5.10 Å². The number of carbonyl (C=O) groups excluding carboxylic acids is 1. The highest BCUT2D eigenvalue weighted by Gasteiger charge is 2.42. The summed E-state index contributed by atoms with van der Waals surface area (Å²) in [6.45, 7) is 4.43. The molecule has 0 radical (unpaired) electrons. The van der Waals surface area contributed by atoms with Crippen LogP contribution in [0, 0.1) is 6.92 Å². The van der Waals surface area contributed by atoms with E-state index in [2.05, 4.69) is 41.6 Å². The van der Waals surface area contributed by atoms with Crippen LogP contribution in [0.4, 0.5) is 0 Å². The van der Waals surface area contributed by atoms with Crippen LogP contribution in [0.25, 0.3) is 0 Å². The summed E-state index contributed by atoms with van der Waals surface area (Å²) in [6, 6.07) is 9.95. The molecule has 154 valence electrons. The molecule has 0 unspecified atom stereocenters. The number of hydrogen-bond donors (Lipinski definition) is 1. The maximum Gasteiger partial charge on any atom is 0.267 e. The summed E-state index contributed by atoms with van der Waals surface area (Å²) in [5, 5.41) is 7.79. The van der Waals surface area contributed by atoms with Gasteiger partial charge < -0.3 is 5.32 Å². The highest BCUT2D eigenvalue weighted by atomic mass is 16.2. The second-order valence-electron chi connectivity index (χ2n) is 8.87. The molecule has 1 aromatic heterocycles. The summed E-state index contributed by atoms with van der Waals surface area (Å²) >= 11 is 0. The van der Waals surface area contributed by atoms with E-state index in [4.69, 9.17) is 0 Å². The predicted octanol–water partition coefficient (Wildman–Crippen LogP) is 3.45. The molecule has 5 heteroatoms. The van der Waals surface area contributed by atoms with Gasteiger partial charge in [0.1, 0.15) is 0 Å². The predicted molar refractivity (Wildman–Crippen MR) is 114 cm³/mol. The highest BCUT2D eigenvalue weighted by Crippen LogP contribution is 2.41. The van der Waals surface area contributed by atoms with Gasteiger partial charge in [0.2, 0.25) is 5.91 Å². The number of carbonyl (C=O) groups is 1. The van der Waals surface area contributed by atoms with Crippen LogP contribution < -0.4 is 10.9 Å². The number of nitrogens with zero attached hydrogens (tertiary/aromatic N) is 2. The van der Waals surface area contributed by atoms with Crippen molar-refractivity contribution < 1.29 is 4.79 Å². The summed E-state index contributed by atoms with van der Waals surface area (Å²) in [5.41, 5.74) is 3.93. The molecule has 4 rings (SSSR count). The van der Waals surface area contributed by atoms with Crippen molar-refractivity contribution in [2.45, 2.75) is 83.2 Å². The van der Waals surface area contributed by atoms with Crippen molar-refractivity contribution in [1.82, 2.24) is 15.1 Å². The first kappa shape index (κ1) is 19.9. The number of hydrogen-bond acceptors (Lipinski definition) is 3. The number of rotatable bonds is 5. The highest BCUT2D eigenvalue weighted by molar-refractivity contribution is 5.88. The number of fused-ring (bicyclic) bond motifs is 1. The number of aromatic nitrogens is 2. The molecule has 1 amide bonds. The van der Waals surface area contributed by atoms with Crippen LogP contribution in [0.1, 0.15) is 67.8 Å². The van der Waals surface area contributed by atoms with Crippen molar-refractivity contribution in [3.05, 3.63) is 63.1 Å². The van der Waals surface area contributed by atoms with Crippen molar-refractivity contribution in [1.29, 1.82) is 0 Å². The average Bonchev–Trinajstić information content (AvgIpc) is 3.20. The van der Waals surface area contributed by atoms with Gasteiger partial charge in [0.05, 0.1) is 17.7 Å². The van der Waals surface area contributed by atoms with Crippen molar-refractivity contribution in [2.75, 3.05) is 0 Å². The molecule has 0 saturated heterocycles. The van der Waals surface area contributed by atoms with Crippen LogP contribution in [-0.2, 0) is 29.6 Å². The van der Waals surface area contributed by atoms with Gasteiger partial charge in [0, 0.05) is 12.1 Å². The van der Waals surface area contributed by atoms with E-state index in [1.54, 1.807) is 6.07 Å². The Hall–Kier alpha value is -2.43. The quantitative estimate of drug-likeness (QED) is 0.846. The number of nitrogens with one attached hydrogen (secondary N) is 1. The molecule has 1 aromatic carbocycles. The van der Waals surface area contributed by atoms with E-state index in [0.29, 0.717) is 6.54 Å². The van der Waals surface area contributed by atoms with Gasteiger partial charge >= 0.3 is 0 Å². The molecule has 0 spiro atoms. The van der Waals surface area contributed by atoms with E-state index in [-0.39, 0.29) is 17.5 Å². The number of benzene rings is 1. The minimum absolute atomic E-state index is 0.0686. The molecular weight excluding hydrogens is 362 g/mol. The Kier molecular flexibility index (Phi) is 5.57. The van der Waals surface area contributed by atoms with Crippen molar-refractivity contribution in [2.24, 2.45) is 0 Å². The van der Waals surface area contributed by atoms with Crippen LogP contribution in [0.2, 0.25) is 0 Å². The van der Waals surface area contributed by atoms with E-state index in [9.17, 15) is 9.59 Å². The lowest BCUT2D eigenvalue weighted by Gasteiger charge is -2.30. The van der Waals surface area contributed by atoms with E-state index < -0.39 is 5.41 Å². The molecule has 2 aliphatic rings. The minimum atomic E-state index is -0.448. The van der Waals surface area contributed by atoms with Crippen LogP contribution in [0.3, 0.4) is 0 Å². The SMILES string of the molecule is Cc1ccc(C2(C(=O)N[C@@H](C)Cn3nc4c(cc3=O)CCCC4)CCCC2)cc1. The summed E-state index contributed by atoms with van der Waals surface area (Å²) in [7, 11) is 0. The molecule has 0 bridgehead atoms. The van der Waals surface area contributed by atoms with E-state index in [0.717, 1.165) is 68.2 Å². The lowest BCUT2D eigenvalue weighted by molar-refractivity contribution is -0.127. The van der Waals surface area contributed by atoms with Crippen molar-refractivity contribution >= 4 is 5.91 Å². The first-order valence-electron chi connectivity index (χ1n) is 11.0. The molecule has 1 saturated carbocycles. The molecular formula is C24H31N3O2. The minimum Gasteiger partial charge on any atom is -0.351 e. The second kappa shape index (κ2) is 8.13. The zero-order valence-electron chi connectivity index (χ0n) is 17.5. The molecule has 2 aromatic rings. The monoisotopic (exact) mass is 393 g/mol. The van der Waals surface area contributed by atoms with E-state index >= 15 is 0 Å². The van der Waals surface area contributed by atoms with Gasteiger partial charge in [-0.05, 0) is 63.5 Å². The normalized spacial score (nSPS) is 18.8. The molecule has 0 aliphatic heterocycles. The molecule has 5 nitrogen and oxygen atoms in total. The Bertz CT molecular complexity index is 940. The summed E-state index contributed by atoms with van der Waals surface area (Å²) < 4.78 is 1.53. The molecule has 1 heterocycles. The topological polar surface area (TPSA) is 64.0 Å². The molecule has 1 N–H and O–H groups in total. The third-order valence-electron chi connectivity index (χ3n) is 6.59. The van der Waals surface area contributed by atoms with Gasteiger partial charge in [-0.25, -0.2) is 4.68 Å². The van der Waals surface area contributed by atoms with Crippen molar-refractivity contribution in [3.63, 3.8) is 0 Å². The van der Waals surface area contributed by atoms with Crippen molar-refractivity contribution in [3.8, 4) is 0 Å². The largest absolute Gasteiger partial charge is 0.351 e.